The van der Waals surface area contributed by atoms with E-state index in [0.29, 0.717) is 6.61 Å². The third-order valence-electron chi connectivity index (χ3n) is 6.12. The first-order chi connectivity index (χ1) is 14.4. The van der Waals surface area contributed by atoms with E-state index in [1.807, 2.05) is 13.8 Å². The summed E-state index contributed by atoms with van der Waals surface area (Å²) in [6, 6.07) is 0. The highest BCUT2D eigenvalue weighted by molar-refractivity contribution is 6.74. The van der Waals surface area contributed by atoms with E-state index in [0.717, 1.165) is 32.1 Å². The van der Waals surface area contributed by atoms with Crippen LogP contribution in [0.3, 0.4) is 0 Å². The first-order valence-electron chi connectivity index (χ1n) is 11.7. The molecule has 0 spiro atoms. The summed E-state index contributed by atoms with van der Waals surface area (Å²) < 4.78 is 23.2. The molecule has 0 bridgehead atoms. The van der Waals surface area contributed by atoms with Crippen LogP contribution in [0.25, 0.3) is 0 Å². The van der Waals surface area contributed by atoms with Crippen LogP contribution in [0.4, 0.5) is 0 Å². The molecule has 0 unspecified atom stereocenters. The second-order valence-corrected chi connectivity index (χ2v) is 14.8. The van der Waals surface area contributed by atoms with Crippen molar-refractivity contribution in [3.63, 3.8) is 0 Å². The number of hydrogen-bond donors (Lipinski definition) is 0. The fourth-order valence-corrected chi connectivity index (χ4v) is 4.78. The topological polar surface area (TPSA) is 71.1 Å². The van der Waals surface area contributed by atoms with Gasteiger partial charge in [0.15, 0.2) is 8.32 Å². The Kier molecular flexibility index (Phi) is 11.5. The molecule has 1 aliphatic heterocycles. The smallest absolute Gasteiger partial charge is 0.308 e. The number of hydrogen-bond acceptors (Lipinski definition) is 6. The van der Waals surface area contributed by atoms with Gasteiger partial charge in [-0.05, 0) is 64.1 Å². The highest BCUT2D eigenvalue weighted by Gasteiger charge is 2.43. The summed E-state index contributed by atoms with van der Waals surface area (Å²) in [5.41, 5.74) is 0. The molecule has 1 fully saturated rings. The Morgan fingerprint density at radius 3 is 2.48 bits per heavy atom. The minimum Gasteiger partial charge on any atom is -0.466 e. The van der Waals surface area contributed by atoms with Crippen molar-refractivity contribution in [1.82, 2.24) is 0 Å². The van der Waals surface area contributed by atoms with Crippen molar-refractivity contribution in [3.05, 3.63) is 12.2 Å². The summed E-state index contributed by atoms with van der Waals surface area (Å²) in [5.74, 6) is -0.471. The van der Waals surface area contributed by atoms with Crippen LogP contribution in [-0.2, 0) is 28.2 Å². The molecule has 0 aromatic rings. The Morgan fingerprint density at radius 2 is 1.90 bits per heavy atom. The third-order valence-corrected chi connectivity index (χ3v) is 10.6. The number of carbonyl (C=O) groups excluding carboxylic acids is 2. The van der Waals surface area contributed by atoms with Crippen molar-refractivity contribution >= 4 is 20.3 Å². The molecular formula is C24H44O6Si. The van der Waals surface area contributed by atoms with Crippen molar-refractivity contribution in [2.24, 2.45) is 0 Å². The maximum atomic E-state index is 12.2. The molecule has 31 heavy (non-hydrogen) atoms. The van der Waals surface area contributed by atoms with E-state index in [4.69, 9.17) is 18.6 Å². The molecule has 1 aliphatic rings. The first-order valence-corrected chi connectivity index (χ1v) is 14.6. The van der Waals surface area contributed by atoms with Crippen LogP contribution in [0, 0.1) is 0 Å². The highest BCUT2D eigenvalue weighted by Crippen LogP contribution is 2.39. The fraction of sp³-hybridized carbons (Fsp3) is 0.833. The van der Waals surface area contributed by atoms with E-state index >= 15 is 0 Å². The normalized spacial score (nSPS) is 23.5. The monoisotopic (exact) mass is 456 g/mol. The zero-order valence-corrected chi connectivity index (χ0v) is 21.9. The maximum absolute atomic E-state index is 12.2. The van der Waals surface area contributed by atoms with Crippen molar-refractivity contribution in [1.29, 1.82) is 0 Å². The molecule has 1 saturated heterocycles. The lowest BCUT2D eigenvalue weighted by atomic mass is 9.98. The second-order valence-electron chi connectivity index (χ2n) is 10.00. The Hall–Kier alpha value is -1.18. The van der Waals surface area contributed by atoms with E-state index in [-0.39, 0.29) is 47.8 Å². The van der Waals surface area contributed by atoms with Crippen molar-refractivity contribution < 1.29 is 28.2 Å². The number of allylic oxidation sites excluding steroid dienone is 1. The molecule has 7 heteroatoms. The van der Waals surface area contributed by atoms with Crippen LogP contribution < -0.4 is 0 Å². The Bertz CT molecular complexity index is 595. The van der Waals surface area contributed by atoms with Gasteiger partial charge in [-0.1, -0.05) is 32.9 Å². The number of ether oxygens (including phenoxy) is 3. The molecule has 0 amide bonds. The molecule has 0 saturated carbocycles. The molecule has 6 nitrogen and oxygen atoms in total. The Labute approximate surface area is 190 Å². The maximum Gasteiger partial charge on any atom is 0.308 e. The van der Waals surface area contributed by atoms with Gasteiger partial charge in [0.2, 0.25) is 0 Å². The van der Waals surface area contributed by atoms with Crippen molar-refractivity contribution in [3.8, 4) is 0 Å². The zero-order valence-electron chi connectivity index (χ0n) is 20.9. The van der Waals surface area contributed by atoms with Crippen molar-refractivity contribution in [2.45, 2.75) is 123 Å². The summed E-state index contributed by atoms with van der Waals surface area (Å²) in [4.78, 5) is 23.1. The summed E-state index contributed by atoms with van der Waals surface area (Å²) in [7, 11) is -1.97. The predicted molar refractivity (Wildman–Crippen MR) is 125 cm³/mol. The highest BCUT2D eigenvalue weighted by atomic mass is 28.4. The lowest BCUT2D eigenvalue weighted by molar-refractivity contribution is -0.154. The van der Waals surface area contributed by atoms with Crippen LogP contribution in [0.1, 0.15) is 80.1 Å². The molecule has 4 atom stereocenters. The standard InChI is InChI=1S/C24H44O6Si/c1-9-27-23(26)17-22-21(30-31(7,8)24(4,5)6)16-15-20(29-22)14-12-10-11-13-18(2)28-19(3)25/h12,14,18,20-22H,9-11,13,15-17H2,1-8H3/b14-12+/t18-,20-,21-,22-/m1/s1. The first kappa shape index (κ1) is 27.9. The van der Waals surface area contributed by atoms with Crippen LogP contribution in [-0.4, -0.2) is 51.3 Å². The van der Waals surface area contributed by atoms with Gasteiger partial charge >= 0.3 is 11.9 Å². The van der Waals surface area contributed by atoms with Crippen LogP contribution in [0.2, 0.25) is 18.1 Å². The molecule has 0 radical (unpaired) electrons. The lowest BCUT2D eigenvalue weighted by Crippen LogP contribution is -2.50. The molecule has 1 rings (SSSR count). The van der Waals surface area contributed by atoms with Crippen LogP contribution in [0.5, 0.6) is 0 Å². The lowest BCUT2D eigenvalue weighted by Gasteiger charge is -2.44. The minimum absolute atomic E-state index is 0.0235. The average Bonchev–Trinajstić information content (AvgIpc) is 2.62. The molecule has 0 aliphatic carbocycles. The molecule has 0 N–H and O–H groups in total. The van der Waals surface area contributed by atoms with Gasteiger partial charge in [-0.25, -0.2) is 0 Å². The van der Waals surface area contributed by atoms with E-state index in [1.165, 1.54) is 6.92 Å². The molecule has 0 aromatic carbocycles. The van der Waals surface area contributed by atoms with Crippen LogP contribution >= 0.6 is 0 Å². The second kappa shape index (κ2) is 12.8. The molecule has 0 aromatic heterocycles. The summed E-state index contributed by atoms with van der Waals surface area (Å²) in [6.45, 7) is 16.7. The zero-order chi connectivity index (χ0) is 23.7. The summed E-state index contributed by atoms with van der Waals surface area (Å²) >= 11 is 0. The molecule has 180 valence electrons. The fourth-order valence-electron chi connectivity index (χ4n) is 3.40. The quantitative estimate of drug-likeness (QED) is 0.175. The van der Waals surface area contributed by atoms with Gasteiger partial charge in [0, 0.05) is 6.92 Å². The average molecular weight is 457 g/mol. The van der Waals surface area contributed by atoms with Crippen LogP contribution in [0.15, 0.2) is 12.2 Å². The minimum atomic E-state index is -1.97. The van der Waals surface area contributed by atoms with Gasteiger partial charge in [-0.3, -0.25) is 9.59 Å². The molecular weight excluding hydrogens is 412 g/mol. The van der Waals surface area contributed by atoms with Gasteiger partial charge in [0.05, 0.1) is 37.4 Å². The van der Waals surface area contributed by atoms with Gasteiger partial charge < -0.3 is 18.6 Å². The van der Waals surface area contributed by atoms with Crippen molar-refractivity contribution in [2.75, 3.05) is 6.61 Å². The number of carbonyl (C=O) groups is 2. The molecule has 1 heterocycles. The van der Waals surface area contributed by atoms with E-state index in [9.17, 15) is 9.59 Å². The Morgan fingerprint density at radius 1 is 1.23 bits per heavy atom. The van der Waals surface area contributed by atoms with E-state index < -0.39 is 8.32 Å². The largest absolute Gasteiger partial charge is 0.466 e. The van der Waals surface area contributed by atoms with Gasteiger partial charge in [0.1, 0.15) is 0 Å². The van der Waals surface area contributed by atoms with E-state index in [2.05, 4.69) is 46.0 Å². The SMILES string of the molecule is CCOC(=O)C[C@H]1O[C@H](/C=C/CCC[C@@H](C)OC(C)=O)CC[C@H]1O[Si](C)(C)C(C)(C)C. The van der Waals surface area contributed by atoms with Gasteiger partial charge in [-0.2, -0.15) is 0 Å². The van der Waals surface area contributed by atoms with Gasteiger partial charge in [0.25, 0.3) is 0 Å². The van der Waals surface area contributed by atoms with E-state index in [1.54, 1.807) is 0 Å². The Balaban J connectivity index is 2.66. The number of esters is 2. The number of rotatable bonds is 11. The van der Waals surface area contributed by atoms with Gasteiger partial charge in [-0.15, -0.1) is 0 Å². The predicted octanol–water partition coefficient (Wildman–Crippen LogP) is 5.56. The summed E-state index contributed by atoms with van der Waals surface area (Å²) in [5, 5.41) is 0.0987. The summed E-state index contributed by atoms with van der Waals surface area (Å²) in [6.07, 6.45) is 8.41. The third kappa shape index (κ3) is 10.3. The number of unbranched alkanes of at least 4 members (excludes halogenated alkanes) is 1.